The second kappa shape index (κ2) is 9.04. The molecule has 1 amide bonds. The van der Waals surface area contributed by atoms with E-state index in [0.717, 1.165) is 35.8 Å². The lowest BCUT2D eigenvalue weighted by atomic mass is 10.1. The molecule has 0 spiro atoms. The minimum atomic E-state index is -3.60. The Morgan fingerprint density at radius 2 is 1.64 bits per heavy atom. The molecule has 0 bridgehead atoms. The molecule has 2 aromatic rings. The molecule has 0 N–H and O–H groups in total. The number of rotatable bonds is 5. The number of carbonyl (C=O) groups is 1. The van der Waals surface area contributed by atoms with E-state index in [0.29, 0.717) is 24.3 Å². The molecule has 2 aliphatic rings. The number of amides is 1. The smallest absolute Gasteiger partial charge is 0.258 e. The highest BCUT2D eigenvalue weighted by Gasteiger charge is 2.33. The van der Waals surface area contributed by atoms with Crippen LogP contribution in [-0.4, -0.2) is 51.9 Å². The molecule has 2 aliphatic heterocycles. The Morgan fingerprint density at radius 1 is 0.970 bits per heavy atom. The number of carbonyl (C=O) groups excluding carboxylic acids is 1. The number of piperidine rings is 1. The first-order valence-electron chi connectivity index (χ1n) is 11.0. The van der Waals surface area contributed by atoms with Crippen LogP contribution in [0.5, 0.6) is 0 Å². The number of sulfonamides is 1. The van der Waals surface area contributed by atoms with E-state index >= 15 is 0 Å². The van der Waals surface area contributed by atoms with Crippen LogP contribution in [0.15, 0.2) is 58.8 Å². The maximum atomic E-state index is 13.5. The molecule has 1 atom stereocenters. The summed E-state index contributed by atoms with van der Waals surface area (Å²) in [5.41, 5.74) is 2.94. The molecular weight excluding hydrogens is 460 g/mol. The van der Waals surface area contributed by atoms with Crippen molar-refractivity contribution in [1.82, 2.24) is 4.31 Å². The molecule has 0 radical (unpaired) electrons. The summed E-state index contributed by atoms with van der Waals surface area (Å²) >= 11 is 0. The van der Waals surface area contributed by atoms with E-state index in [1.54, 1.807) is 6.07 Å². The van der Waals surface area contributed by atoms with Crippen molar-refractivity contribution < 1.29 is 21.6 Å². The largest absolute Gasteiger partial charge is 0.300 e. The van der Waals surface area contributed by atoms with Crippen LogP contribution >= 0.6 is 0 Å². The Kier molecular flexibility index (Phi) is 6.48. The van der Waals surface area contributed by atoms with E-state index in [1.807, 2.05) is 26.0 Å². The van der Waals surface area contributed by atoms with Gasteiger partial charge in [-0.1, -0.05) is 12.5 Å². The number of benzene rings is 2. The fraction of sp³-hybridized carbons (Fsp3) is 0.375. The van der Waals surface area contributed by atoms with Gasteiger partial charge >= 0.3 is 0 Å². The highest BCUT2D eigenvalue weighted by atomic mass is 32.2. The second-order valence-electron chi connectivity index (χ2n) is 8.66. The van der Waals surface area contributed by atoms with Gasteiger partial charge in [0.25, 0.3) is 5.91 Å². The lowest BCUT2D eigenvalue weighted by molar-refractivity contribution is 0.0983. The van der Waals surface area contributed by atoms with Crippen LogP contribution < -0.4 is 4.90 Å². The molecule has 7 nitrogen and oxygen atoms in total. The molecule has 33 heavy (non-hydrogen) atoms. The number of nitrogens with zero attached hydrogens (tertiary/aromatic N) is 2. The van der Waals surface area contributed by atoms with Gasteiger partial charge in [0.2, 0.25) is 10.0 Å². The summed E-state index contributed by atoms with van der Waals surface area (Å²) in [6.45, 7) is 4.91. The van der Waals surface area contributed by atoms with Crippen molar-refractivity contribution in [1.29, 1.82) is 0 Å². The number of hydrogen-bond acceptors (Lipinski definition) is 5. The van der Waals surface area contributed by atoms with Gasteiger partial charge < -0.3 is 4.90 Å². The van der Waals surface area contributed by atoms with E-state index < -0.39 is 25.9 Å². The third-order valence-corrected chi connectivity index (χ3v) is 9.58. The van der Waals surface area contributed by atoms with Crippen molar-refractivity contribution in [3.05, 3.63) is 70.6 Å². The zero-order chi connectivity index (χ0) is 23.8. The lowest BCUT2D eigenvalue weighted by Crippen LogP contribution is -2.41. The minimum absolute atomic E-state index is 0.155. The summed E-state index contributed by atoms with van der Waals surface area (Å²) < 4.78 is 51.5. The van der Waals surface area contributed by atoms with E-state index in [-0.39, 0.29) is 16.6 Å². The summed E-state index contributed by atoms with van der Waals surface area (Å²) in [6, 6.07) is 10.8. The highest BCUT2D eigenvalue weighted by molar-refractivity contribution is 7.94. The predicted octanol–water partition coefficient (Wildman–Crippen LogP) is 3.44. The van der Waals surface area contributed by atoms with E-state index in [4.69, 9.17) is 0 Å². The van der Waals surface area contributed by atoms with Crippen LogP contribution in [0, 0.1) is 13.8 Å². The molecule has 9 heteroatoms. The second-order valence-corrected chi connectivity index (χ2v) is 12.5. The molecule has 4 rings (SSSR count). The molecule has 0 saturated carbocycles. The van der Waals surface area contributed by atoms with Crippen LogP contribution in [0.3, 0.4) is 0 Å². The topological polar surface area (TPSA) is 91.8 Å². The average Bonchev–Trinajstić information content (AvgIpc) is 3.16. The molecule has 0 aliphatic carbocycles. The Bertz CT molecular complexity index is 1290. The van der Waals surface area contributed by atoms with Crippen LogP contribution in [0.25, 0.3) is 0 Å². The van der Waals surface area contributed by atoms with E-state index in [2.05, 4.69) is 0 Å². The predicted molar refractivity (Wildman–Crippen MR) is 128 cm³/mol. The monoisotopic (exact) mass is 488 g/mol. The third-order valence-electron chi connectivity index (χ3n) is 6.28. The molecule has 2 aromatic carbocycles. The first-order chi connectivity index (χ1) is 15.6. The fourth-order valence-corrected chi connectivity index (χ4v) is 7.00. The van der Waals surface area contributed by atoms with Crippen LogP contribution in [0.4, 0.5) is 5.69 Å². The van der Waals surface area contributed by atoms with Crippen LogP contribution in [-0.2, 0) is 19.9 Å². The molecule has 0 unspecified atom stereocenters. The van der Waals surface area contributed by atoms with E-state index in [1.165, 1.54) is 39.5 Å². The first kappa shape index (κ1) is 23.7. The maximum absolute atomic E-state index is 13.5. The van der Waals surface area contributed by atoms with Crippen LogP contribution in [0.2, 0.25) is 0 Å². The minimum Gasteiger partial charge on any atom is -0.300 e. The van der Waals surface area contributed by atoms with Gasteiger partial charge in [0, 0.05) is 29.7 Å². The Morgan fingerprint density at radius 3 is 2.21 bits per heavy atom. The molecule has 1 fully saturated rings. The SMILES string of the molecule is Cc1ccc(N(C(=O)c2ccc(S(=O)(=O)N3CCCCC3)cc2)[C@H]2C=CS(=O)(=O)C2)cc1C. The van der Waals surface area contributed by atoms with E-state index in [9.17, 15) is 21.6 Å². The standard InChI is InChI=1S/C24H28N2O5S2/c1-18-6-9-21(16-19(18)2)26(22-12-15-32(28,29)17-22)24(27)20-7-10-23(11-8-20)33(30,31)25-13-4-3-5-14-25/h6-12,15-16,22H,3-5,13-14,17H2,1-2H3/t22-/m0/s1. The Labute approximate surface area is 195 Å². The maximum Gasteiger partial charge on any atom is 0.258 e. The van der Waals surface area contributed by atoms with Crippen molar-refractivity contribution >= 4 is 31.5 Å². The zero-order valence-corrected chi connectivity index (χ0v) is 20.4. The number of aryl methyl sites for hydroxylation is 2. The highest BCUT2D eigenvalue weighted by Crippen LogP contribution is 2.28. The summed E-state index contributed by atoms with van der Waals surface area (Å²) in [5.74, 6) is -0.570. The van der Waals surface area contributed by atoms with Crippen molar-refractivity contribution in [2.75, 3.05) is 23.7 Å². The quantitative estimate of drug-likeness (QED) is 0.643. The Balaban J connectivity index is 1.66. The van der Waals surface area contributed by atoms with Gasteiger partial charge in [0.05, 0.1) is 16.7 Å². The first-order valence-corrected chi connectivity index (χ1v) is 14.2. The van der Waals surface area contributed by atoms with Crippen molar-refractivity contribution in [3.8, 4) is 0 Å². The van der Waals surface area contributed by atoms with Crippen molar-refractivity contribution in [3.63, 3.8) is 0 Å². The van der Waals surface area contributed by atoms with Gasteiger partial charge in [-0.2, -0.15) is 4.31 Å². The van der Waals surface area contributed by atoms with Crippen molar-refractivity contribution in [2.24, 2.45) is 0 Å². The summed E-state index contributed by atoms with van der Waals surface area (Å²) in [6.07, 6.45) is 4.24. The fourth-order valence-electron chi connectivity index (χ4n) is 4.22. The summed E-state index contributed by atoms with van der Waals surface area (Å²) in [4.78, 5) is 15.2. The number of hydrogen-bond donors (Lipinski definition) is 0. The summed E-state index contributed by atoms with van der Waals surface area (Å²) in [5, 5.41) is 1.15. The van der Waals surface area contributed by atoms with Crippen molar-refractivity contribution in [2.45, 2.75) is 44.0 Å². The van der Waals surface area contributed by atoms with Gasteiger partial charge in [0.15, 0.2) is 9.84 Å². The third kappa shape index (κ3) is 4.90. The zero-order valence-electron chi connectivity index (χ0n) is 18.8. The number of anilines is 1. The number of sulfone groups is 1. The van der Waals surface area contributed by atoms with Gasteiger partial charge in [-0.25, -0.2) is 16.8 Å². The lowest BCUT2D eigenvalue weighted by Gasteiger charge is -2.29. The summed E-state index contributed by atoms with van der Waals surface area (Å²) in [7, 11) is -6.98. The molecular formula is C24H28N2O5S2. The van der Waals surface area contributed by atoms with Gasteiger partial charge in [-0.15, -0.1) is 0 Å². The van der Waals surface area contributed by atoms with Gasteiger partial charge in [0.1, 0.15) is 0 Å². The van der Waals surface area contributed by atoms with Gasteiger partial charge in [-0.05, 0) is 80.3 Å². The molecule has 2 heterocycles. The molecule has 0 aromatic heterocycles. The van der Waals surface area contributed by atoms with Crippen LogP contribution in [0.1, 0.15) is 40.7 Å². The molecule has 176 valence electrons. The van der Waals surface area contributed by atoms with Gasteiger partial charge in [-0.3, -0.25) is 4.79 Å². The Hall–Kier alpha value is -2.49. The normalized spacial score (nSPS) is 20.6. The average molecular weight is 489 g/mol. The molecule has 1 saturated heterocycles.